The summed E-state index contributed by atoms with van der Waals surface area (Å²) in [5.74, 6) is -0.197. The predicted octanol–water partition coefficient (Wildman–Crippen LogP) is 1.20. The first kappa shape index (κ1) is 13.7. The molecule has 1 amide bonds. The standard InChI is InChI=1S/C11H16ClN3O2/c1-3-4-8(2)14-10(16)6-15-7-13-9(12)5-11(15)17/h5,7-8H,3-4,6H2,1-2H3,(H,14,16). The van der Waals surface area contributed by atoms with Crippen molar-refractivity contribution >= 4 is 17.5 Å². The van der Waals surface area contributed by atoms with Crippen molar-refractivity contribution in [1.82, 2.24) is 14.9 Å². The Morgan fingerprint density at radius 3 is 2.94 bits per heavy atom. The smallest absolute Gasteiger partial charge is 0.255 e. The van der Waals surface area contributed by atoms with Crippen LogP contribution in [0.2, 0.25) is 5.15 Å². The van der Waals surface area contributed by atoms with Gasteiger partial charge in [-0.2, -0.15) is 0 Å². The molecule has 5 nitrogen and oxygen atoms in total. The van der Waals surface area contributed by atoms with E-state index in [1.807, 2.05) is 6.92 Å². The van der Waals surface area contributed by atoms with Crippen LogP contribution in [0.3, 0.4) is 0 Å². The molecule has 1 aromatic heterocycles. The molecule has 1 rings (SSSR count). The van der Waals surface area contributed by atoms with Crippen LogP contribution >= 0.6 is 11.6 Å². The Bertz CT molecular complexity index is 445. The quantitative estimate of drug-likeness (QED) is 0.807. The number of carbonyl (C=O) groups is 1. The number of halogens is 1. The fraction of sp³-hybridized carbons (Fsp3) is 0.545. The maximum Gasteiger partial charge on any atom is 0.255 e. The van der Waals surface area contributed by atoms with Crippen LogP contribution in [0.1, 0.15) is 26.7 Å². The number of nitrogens with zero attached hydrogens (tertiary/aromatic N) is 2. The molecule has 0 saturated carbocycles. The first-order valence-electron chi connectivity index (χ1n) is 5.54. The highest BCUT2D eigenvalue weighted by molar-refractivity contribution is 6.29. The summed E-state index contributed by atoms with van der Waals surface area (Å²) in [6, 6.07) is 1.30. The topological polar surface area (TPSA) is 64.0 Å². The van der Waals surface area contributed by atoms with E-state index >= 15 is 0 Å². The molecule has 17 heavy (non-hydrogen) atoms. The Hall–Kier alpha value is -1.36. The molecule has 0 radical (unpaired) electrons. The molecule has 6 heteroatoms. The van der Waals surface area contributed by atoms with Gasteiger partial charge in [-0.3, -0.25) is 14.2 Å². The Labute approximate surface area is 105 Å². The number of carbonyl (C=O) groups excluding carboxylic acids is 1. The Morgan fingerprint density at radius 2 is 2.35 bits per heavy atom. The van der Waals surface area contributed by atoms with Crippen LogP contribution < -0.4 is 10.9 Å². The first-order valence-corrected chi connectivity index (χ1v) is 5.92. The zero-order valence-electron chi connectivity index (χ0n) is 9.94. The minimum absolute atomic E-state index is 0.0307. The third kappa shape index (κ3) is 4.56. The molecular weight excluding hydrogens is 242 g/mol. The monoisotopic (exact) mass is 257 g/mol. The first-order chi connectivity index (χ1) is 8.02. The number of nitrogens with one attached hydrogen (secondary N) is 1. The normalized spacial score (nSPS) is 12.2. The number of hydrogen-bond acceptors (Lipinski definition) is 3. The van der Waals surface area contributed by atoms with Gasteiger partial charge in [-0.25, -0.2) is 4.98 Å². The minimum atomic E-state index is -0.330. The van der Waals surface area contributed by atoms with E-state index in [4.69, 9.17) is 11.6 Å². The van der Waals surface area contributed by atoms with Gasteiger partial charge in [-0.1, -0.05) is 24.9 Å². The van der Waals surface area contributed by atoms with Crippen LogP contribution in [0.4, 0.5) is 0 Å². The molecule has 0 aliphatic heterocycles. The van der Waals surface area contributed by atoms with Crippen molar-refractivity contribution in [2.75, 3.05) is 0 Å². The van der Waals surface area contributed by atoms with E-state index in [2.05, 4.69) is 17.2 Å². The molecule has 0 aromatic carbocycles. The van der Waals surface area contributed by atoms with Crippen molar-refractivity contribution in [3.05, 3.63) is 27.9 Å². The van der Waals surface area contributed by atoms with Gasteiger partial charge in [-0.15, -0.1) is 0 Å². The van der Waals surface area contributed by atoms with E-state index < -0.39 is 0 Å². The van der Waals surface area contributed by atoms with E-state index in [9.17, 15) is 9.59 Å². The average molecular weight is 258 g/mol. The van der Waals surface area contributed by atoms with Gasteiger partial charge in [0.25, 0.3) is 5.56 Å². The Balaban J connectivity index is 2.59. The van der Waals surface area contributed by atoms with Crippen LogP contribution in [0.25, 0.3) is 0 Å². The molecule has 0 aliphatic rings. The lowest BCUT2D eigenvalue weighted by atomic mass is 10.2. The fourth-order valence-electron chi connectivity index (χ4n) is 1.50. The lowest BCUT2D eigenvalue weighted by Crippen LogP contribution is -2.37. The highest BCUT2D eigenvalue weighted by Gasteiger charge is 2.08. The number of amides is 1. The van der Waals surface area contributed by atoms with E-state index in [1.165, 1.54) is 17.0 Å². The van der Waals surface area contributed by atoms with Crippen LogP contribution in [0.15, 0.2) is 17.2 Å². The van der Waals surface area contributed by atoms with E-state index in [-0.39, 0.29) is 29.2 Å². The molecule has 1 aromatic rings. The summed E-state index contributed by atoms with van der Waals surface area (Å²) < 4.78 is 1.22. The Morgan fingerprint density at radius 1 is 1.65 bits per heavy atom. The summed E-state index contributed by atoms with van der Waals surface area (Å²) in [6.07, 6.45) is 3.19. The molecule has 0 bridgehead atoms. The molecule has 1 heterocycles. The fourth-order valence-corrected chi connectivity index (χ4v) is 1.64. The zero-order chi connectivity index (χ0) is 12.8. The van der Waals surface area contributed by atoms with Crippen molar-refractivity contribution in [2.45, 2.75) is 39.3 Å². The van der Waals surface area contributed by atoms with Crippen LogP contribution in [0, 0.1) is 0 Å². The van der Waals surface area contributed by atoms with Gasteiger partial charge >= 0.3 is 0 Å². The largest absolute Gasteiger partial charge is 0.352 e. The van der Waals surface area contributed by atoms with Gasteiger partial charge in [0.1, 0.15) is 11.7 Å². The van der Waals surface area contributed by atoms with Gasteiger partial charge in [0.15, 0.2) is 0 Å². The molecule has 1 unspecified atom stereocenters. The third-order valence-corrected chi connectivity index (χ3v) is 2.50. The SMILES string of the molecule is CCCC(C)NC(=O)Cn1cnc(Cl)cc1=O. The molecule has 0 fully saturated rings. The van der Waals surface area contributed by atoms with Gasteiger partial charge < -0.3 is 5.32 Å². The van der Waals surface area contributed by atoms with Gasteiger partial charge in [0.05, 0.1) is 6.33 Å². The highest BCUT2D eigenvalue weighted by atomic mass is 35.5. The van der Waals surface area contributed by atoms with Crippen molar-refractivity contribution in [3.8, 4) is 0 Å². The lowest BCUT2D eigenvalue weighted by molar-refractivity contribution is -0.122. The van der Waals surface area contributed by atoms with Crippen molar-refractivity contribution in [1.29, 1.82) is 0 Å². The number of aromatic nitrogens is 2. The second kappa shape index (κ2) is 6.39. The summed E-state index contributed by atoms with van der Waals surface area (Å²) >= 11 is 5.55. The van der Waals surface area contributed by atoms with Gasteiger partial charge in [-0.05, 0) is 13.3 Å². The van der Waals surface area contributed by atoms with E-state index in [0.29, 0.717) is 0 Å². The third-order valence-electron chi connectivity index (χ3n) is 2.29. The Kier molecular flexibility index (Phi) is 5.15. The number of rotatable bonds is 5. The van der Waals surface area contributed by atoms with Crippen molar-refractivity contribution in [3.63, 3.8) is 0 Å². The molecule has 0 saturated heterocycles. The molecular formula is C11H16ClN3O2. The van der Waals surface area contributed by atoms with E-state index in [1.54, 1.807) is 0 Å². The number of hydrogen-bond donors (Lipinski definition) is 1. The van der Waals surface area contributed by atoms with Crippen molar-refractivity contribution in [2.24, 2.45) is 0 Å². The molecule has 94 valence electrons. The van der Waals surface area contributed by atoms with Gasteiger partial charge in [0.2, 0.25) is 5.91 Å². The summed E-state index contributed by atoms with van der Waals surface area (Å²) in [5, 5.41) is 2.94. The maximum absolute atomic E-state index is 11.6. The summed E-state index contributed by atoms with van der Waals surface area (Å²) in [7, 11) is 0. The average Bonchev–Trinajstić information content (AvgIpc) is 2.22. The maximum atomic E-state index is 11.6. The van der Waals surface area contributed by atoms with Crippen LogP contribution in [-0.2, 0) is 11.3 Å². The predicted molar refractivity (Wildman–Crippen MR) is 66.0 cm³/mol. The summed E-state index contributed by atoms with van der Waals surface area (Å²) in [6.45, 7) is 3.96. The van der Waals surface area contributed by atoms with E-state index in [0.717, 1.165) is 12.8 Å². The highest BCUT2D eigenvalue weighted by Crippen LogP contribution is 1.97. The second-order valence-corrected chi connectivity index (χ2v) is 4.32. The molecule has 0 aliphatic carbocycles. The molecule has 0 spiro atoms. The van der Waals surface area contributed by atoms with Crippen molar-refractivity contribution < 1.29 is 4.79 Å². The molecule has 1 N–H and O–H groups in total. The van der Waals surface area contributed by atoms with Crippen LogP contribution in [-0.4, -0.2) is 21.5 Å². The second-order valence-electron chi connectivity index (χ2n) is 3.94. The minimum Gasteiger partial charge on any atom is -0.352 e. The summed E-state index contributed by atoms with van der Waals surface area (Å²) in [4.78, 5) is 26.8. The molecule has 1 atom stereocenters. The lowest BCUT2D eigenvalue weighted by Gasteiger charge is -2.13. The summed E-state index contributed by atoms with van der Waals surface area (Å²) in [5.41, 5.74) is -0.330. The van der Waals surface area contributed by atoms with Crippen LogP contribution in [0.5, 0.6) is 0 Å². The zero-order valence-corrected chi connectivity index (χ0v) is 10.7. The van der Waals surface area contributed by atoms with Gasteiger partial charge in [0, 0.05) is 12.1 Å².